The first kappa shape index (κ1) is 11.4. The van der Waals surface area contributed by atoms with Gasteiger partial charge in [0.1, 0.15) is 12.1 Å². The highest BCUT2D eigenvalue weighted by Crippen LogP contribution is 2.25. The van der Waals surface area contributed by atoms with Crippen LogP contribution in [0, 0.1) is 0 Å². The maximum atomic E-state index is 11.1. The zero-order valence-corrected chi connectivity index (χ0v) is 10.4. The van der Waals surface area contributed by atoms with Gasteiger partial charge in [0, 0.05) is 30.3 Å². The van der Waals surface area contributed by atoms with Crippen LogP contribution in [-0.2, 0) is 17.6 Å². The fourth-order valence-corrected chi connectivity index (χ4v) is 2.69. The molecular weight excluding hydrogens is 228 g/mol. The van der Waals surface area contributed by atoms with Gasteiger partial charge in [-0.05, 0) is 32.1 Å². The van der Waals surface area contributed by atoms with Crippen molar-refractivity contribution in [2.24, 2.45) is 0 Å². The van der Waals surface area contributed by atoms with Crippen LogP contribution >= 0.6 is 0 Å². The van der Waals surface area contributed by atoms with Crippen LogP contribution in [0.2, 0.25) is 0 Å². The Balaban J connectivity index is 1.74. The van der Waals surface area contributed by atoms with Gasteiger partial charge in [-0.15, -0.1) is 0 Å². The number of aryl methyl sites for hydroxylation is 1. The quantitative estimate of drug-likeness (QED) is 0.818. The maximum absolute atomic E-state index is 11.1. The van der Waals surface area contributed by atoms with Crippen molar-refractivity contribution in [3.63, 3.8) is 0 Å². The van der Waals surface area contributed by atoms with E-state index in [0.717, 1.165) is 25.1 Å². The summed E-state index contributed by atoms with van der Waals surface area (Å²) in [4.78, 5) is 19.9. The van der Waals surface area contributed by atoms with Crippen molar-refractivity contribution in [3.8, 4) is 0 Å². The molecule has 1 aliphatic heterocycles. The number of aromatic nitrogens is 2. The SMILES string of the molecule is O=C1CCC(Nc2ncnc3c2CCCC3)CN1. The summed E-state index contributed by atoms with van der Waals surface area (Å²) >= 11 is 0. The average Bonchev–Trinajstić information content (AvgIpc) is 2.42. The van der Waals surface area contributed by atoms with E-state index in [-0.39, 0.29) is 5.91 Å². The number of piperidine rings is 1. The number of amides is 1. The van der Waals surface area contributed by atoms with Gasteiger partial charge in [-0.25, -0.2) is 9.97 Å². The van der Waals surface area contributed by atoms with Crippen molar-refractivity contribution >= 4 is 11.7 Å². The number of fused-ring (bicyclic) bond motifs is 1. The maximum Gasteiger partial charge on any atom is 0.220 e. The highest BCUT2D eigenvalue weighted by atomic mass is 16.1. The van der Waals surface area contributed by atoms with E-state index >= 15 is 0 Å². The Morgan fingerprint density at radius 2 is 2.11 bits per heavy atom. The molecule has 1 aliphatic carbocycles. The number of nitrogens with zero attached hydrogens (tertiary/aromatic N) is 2. The van der Waals surface area contributed by atoms with Crippen LogP contribution < -0.4 is 10.6 Å². The van der Waals surface area contributed by atoms with Crippen molar-refractivity contribution in [1.82, 2.24) is 15.3 Å². The molecule has 1 fully saturated rings. The lowest BCUT2D eigenvalue weighted by Gasteiger charge is -2.26. The average molecular weight is 246 g/mol. The lowest BCUT2D eigenvalue weighted by molar-refractivity contribution is -0.122. The number of anilines is 1. The molecule has 2 N–H and O–H groups in total. The van der Waals surface area contributed by atoms with E-state index in [1.807, 2.05) is 0 Å². The summed E-state index contributed by atoms with van der Waals surface area (Å²) in [6.07, 6.45) is 7.70. The summed E-state index contributed by atoms with van der Waals surface area (Å²) in [7, 11) is 0. The Morgan fingerprint density at radius 3 is 2.94 bits per heavy atom. The number of rotatable bonds is 2. The molecule has 5 nitrogen and oxygen atoms in total. The third-order valence-electron chi connectivity index (χ3n) is 3.73. The molecule has 1 aromatic rings. The minimum Gasteiger partial charge on any atom is -0.365 e. The molecule has 1 aromatic heterocycles. The van der Waals surface area contributed by atoms with Gasteiger partial charge in [-0.1, -0.05) is 0 Å². The first-order chi connectivity index (χ1) is 8.83. The van der Waals surface area contributed by atoms with Crippen LogP contribution in [0.25, 0.3) is 0 Å². The van der Waals surface area contributed by atoms with Crippen molar-refractivity contribution < 1.29 is 4.79 Å². The zero-order valence-electron chi connectivity index (χ0n) is 10.4. The Bertz CT molecular complexity index is 450. The van der Waals surface area contributed by atoms with Crippen LogP contribution in [0.5, 0.6) is 0 Å². The summed E-state index contributed by atoms with van der Waals surface area (Å²) in [5.41, 5.74) is 2.47. The molecule has 0 bridgehead atoms. The lowest BCUT2D eigenvalue weighted by atomic mass is 9.96. The molecule has 1 atom stereocenters. The van der Waals surface area contributed by atoms with E-state index in [1.165, 1.54) is 24.1 Å². The van der Waals surface area contributed by atoms with Gasteiger partial charge >= 0.3 is 0 Å². The Labute approximate surface area is 106 Å². The molecule has 0 radical (unpaired) electrons. The summed E-state index contributed by atoms with van der Waals surface area (Å²) in [5, 5.41) is 6.35. The lowest BCUT2D eigenvalue weighted by Crippen LogP contribution is -2.42. The van der Waals surface area contributed by atoms with Crippen molar-refractivity contribution in [2.45, 2.75) is 44.6 Å². The Kier molecular flexibility index (Phi) is 3.13. The summed E-state index contributed by atoms with van der Waals surface area (Å²) in [6.45, 7) is 0.692. The predicted molar refractivity (Wildman–Crippen MR) is 68.3 cm³/mol. The second-order valence-corrected chi connectivity index (χ2v) is 5.04. The number of carbonyl (C=O) groups excluding carboxylic acids is 1. The van der Waals surface area contributed by atoms with E-state index in [4.69, 9.17) is 0 Å². The highest BCUT2D eigenvalue weighted by Gasteiger charge is 2.21. The molecule has 0 spiro atoms. The normalized spacial score (nSPS) is 23.1. The smallest absolute Gasteiger partial charge is 0.220 e. The number of nitrogens with one attached hydrogen (secondary N) is 2. The van der Waals surface area contributed by atoms with Gasteiger partial charge in [0.15, 0.2) is 0 Å². The molecule has 0 saturated carbocycles. The fraction of sp³-hybridized carbons (Fsp3) is 0.615. The topological polar surface area (TPSA) is 66.9 Å². The minimum absolute atomic E-state index is 0.151. The van der Waals surface area contributed by atoms with Crippen LogP contribution in [0.1, 0.15) is 36.9 Å². The second-order valence-electron chi connectivity index (χ2n) is 5.04. The summed E-state index contributed by atoms with van der Waals surface area (Å²) in [6, 6.07) is 0.295. The Hall–Kier alpha value is -1.65. The molecule has 2 heterocycles. The first-order valence-electron chi connectivity index (χ1n) is 6.69. The largest absolute Gasteiger partial charge is 0.365 e. The Morgan fingerprint density at radius 1 is 1.22 bits per heavy atom. The van der Waals surface area contributed by atoms with E-state index in [2.05, 4.69) is 20.6 Å². The highest BCUT2D eigenvalue weighted by molar-refractivity contribution is 5.77. The monoisotopic (exact) mass is 246 g/mol. The third-order valence-corrected chi connectivity index (χ3v) is 3.73. The predicted octanol–water partition coefficient (Wildman–Crippen LogP) is 1.05. The molecule has 5 heteroatoms. The molecule has 18 heavy (non-hydrogen) atoms. The molecule has 0 aromatic carbocycles. The van der Waals surface area contributed by atoms with Gasteiger partial charge < -0.3 is 10.6 Å². The van der Waals surface area contributed by atoms with Crippen LogP contribution in [-0.4, -0.2) is 28.5 Å². The number of hydrogen-bond acceptors (Lipinski definition) is 4. The van der Waals surface area contributed by atoms with Crippen molar-refractivity contribution in [3.05, 3.63) is 17.6 Å². The molecule has 3 rings (SSSR count). The molecule has 2 aliphatic rings. The minimum atomic E-state index is 0.151. The summed E-state index contributed by atoms with van der Waals surface area (Å²) < 4.78 is 0. The molecule has 1 saturated heterocycles. The second kappa shape index (κ2) is 4.92. The fourth-order valence-electron chi connectivity index (χ4n) is 2.69. The van der Waals surface area contributed by atoms with E-state index in [9.17, 15) is 4.79 Å². The molecule has 1 amide bonds. The van der Waals surface area contributed by atoms with E-state index < -0.39 is 0 Å². The van der Waals surface area contributed by atoms with E-state index in [1.54, 1.807) is 6.33 Å². The van der Waals surface area contributed by atoms with Gasteiger partial charge in [-0.2, -0.15) is 0 Å². The van der Waals surface area contributed by atoms with Gasteiger partial charge in [0.2, 0.25) is 5.91 Å². The van der Waals surface area contributed by atoms with Crippen molar-refractivity contribution in [1.29, 1.82) is 0 Å². The van der Waals surface area contributed by atoms with Gasteiger partial charge in [-0.3, -0.25) is 4.79 Å². The molecule has 96 valence electrons. The number of hydrogen-bond donors (Lipinski definition) is 2. The van der Waals surface area contributed by atoms with Gasteiger partial charge in [0.05, 0.1) is 0 Å². The van der Waals surface area contributed by atoms with Gasteiger partial charge in [0.25, 0.3) is 0 Å². The zero-order chi connectivity index (χ0) is 12.4. The van der Waals surface area contributed by atoms with Crippen LogP contribution in [0.3, 0.4) is 0 Å². The van der Waals surface area contributed by atoms with Crippen molar-refractivity contribution in [2.75, 3.05) is 11.9 Å². The molecule has 1 unspecified atom stereocenters. The number of carbonyl (C=O) groups is 1. The third kappa shape index (κ3) is 2.30. The van der Waals surface area contributed by atoms with Crippen LogP contribution in [0.15, 0.2) is 6.33 Å². The summed E-state index contributed by atoms with van der Waals surface area (Å²) in [5.74, 6) is 1.12. The first-order valence-corrected chi connectivity index (χ1v) is 6.69. The standard InChI is InChI=1S/C13H18N4O/c18-12-6-5-9(7-14-12)17-13-10-3-1-2-4-11(10)15-8-16-13/h8-9H,1-7H2,(H,14,18)(H,15,16,17). The van der Waals surface area contributed by atoms with E-state index in [0.29, 0.717) is 19.0 Å². The molecular formula is C13H18N4O. The van der Waals surface area contributed by atoms with Crippen LogP contribution in [0.4, 0.5) is 5.82 Å².